The topological polar surface area (TPSA) is 134 Å². The van der Waals surface area contributed by atoms with Crippen molar-refractivity contribution in [1.29, 1.82) is 0 Å². The SMILES string of the molecule is CC/C=C\C/C=C\C/C=C\C/C=C\CCCCCCCCCCCCCCCCCCCCC(=O)OC(COC(=O)CCCCCCCCCCCCCCCCCC)COP(=O)(O)OCCN. The number of allylic oxidation sites excluding steroid dienone is 8. The molecule has 10 heteroatoms. The Labute approximate surface area is 419 Å². The molecule has 0 bridgehead atoms. The third-order valence-corrected chi connectivity index (χ3v) is 13.5. The predicted octanol–water partition coefficient (Wildman–Crippen LogP) is 17.8. The Morgan fingerprint density at radius 3 is 1.21 bits per heavy atom. The van der Waals surface area contributed by atoms with Gasteiger partial charge in [-0.3, -0.25) is 18.6 Å². The molecule has 2 atom stereocenters. The number of ether oxygens (including phenoxy) is 2. The summed E-state index contributed by atoms with van der Waals surface area (Å²) in [7, 11) is -4.38. The minimum atomic E-state index is -4.38. The normalized spacial score (nSPS) is 13.4. The minimum absolute atomic E-state index is 0.0552. The third kappa shape index (κ3) is 53.3. The van der Waals surface area contributed by atoms with Crippen LogP contribution in [-0.2, 0) is 32.7 Å². The standard InChI is InChI=1S/C58H108NO8P/c1-3-5-7-9-11-13-15-17-19-21-22-23-24-25-26-27-28-29-30-31-32-33-34-35-37-39-41-43-45-47-49-51-58(61)67-56(55-66-68(62,63)65-53-52-59)54-64-57(60)50-48-46-44-42-40-38-36-20-18-16-14-12-10-8-6-4-2/h5,7,11,13,17,19,22-23,56H,3-4,6,8-10,12,14-16,18,20-21,24-55,59H2,1-2H3,(H,62,63)/b7-5-,13-11-,19-17-,23-22-. The first-order chi connectivity index (χ1) is 33.3. The fourth-order valence-electron chi connectivity index (χ4n) is 8.28. The van der Waals surface area contributed by atoms with Crippen LogP contribution < -0.4 is 5.73 Å². The van der Waals surface area contributed by atoms with Crippen LogP contribution in [0.1, 0.15) is 277 Å². The Morgan fingerprint density at radius 2 is 0.809 bits per heavy atom. The smallest absolute Gasteiger partial charge is 0.462 e. The number of phosphoric acid groups is 1. The zero-order valence-corrected chi connectivity index (χ0v) is 45.2. The lowest BCUT2D eigenvalue weighted by Gasteiger charge is -2.19. The van der Waals surface area contributed by atoms with Gasteiger partial charge in [-0.1, -0.05) is 262 Å². The number of carbonyl (C=O) groups excluding carboxylic acids is 2. The van der Waals surface area contributed by atoms with Gasteiger partial charge in [0.05, 0.1) is 13.2 Å². The van der Waals surface area contributed by atoms with E-state index in [-0.39, 0.29) is 38.6 Å². The van der Waals surface area contributed by atoms with Crippen molar-refractivity contribution >= 4 is 19.8 Å². The molecule has 0 radical (unpaired) electrons. The van der Waals surface area contributed by atoms with Gasteiger partial charge in [0.15, 0.2) is 6.10 Å². The molecule has 2 unspecified atom stereocenters. The number of unbranched alkanes of at least 4 members (excludes halogenated alkanes) is 33. The second-order valence-electron chi connectivity index (χ2n) is 19.1. The summed E-state index contributed by atoms with van der Waals surface area (Å²) >= 11 is 0. The van der Waals surface area contributed by atoms with Gasteiger partial charge in [-0.25, -0.2) is 4.57 Å². The molecule has 0 aliphatic carbocycles. The lowest BCUT2D eigenvalue weighted by molar-refractivity contribution is -0.161. The van der Waals surface area contributed by atoms with Crippen LogP contribution in [0.2, 0.25) is 0 Å². The van der Waals surface area contributed by atoms with Crippen molar-refractivity contribution in [3.05, 3.63) is 48.6 Å². The van der Waals surface area contributed by atoms with E-state index in [4.69, 9.17) is 24.3 Å². The van der Waals surface area contributed by atoms with E-state index in [1.165, 1.54) is 186 Å². The molecule has 0 aliphatic rings. The number of esters is 2. The number of rotatable bonds is 54. The Kier molecular flexibility index (Phi) is 52.7. The molecule has 68 heavy (non-hydrogen) atoms. The average molecular weight is 978 g/mol. The maximum atomic E-state index is 12.7. The molecule has 0 heterocycles. The quantitative estimate of drug-likeness (QED) is 0.0264. The Hall–Kier alpha value is -2.03. The monoisotopic (exact) mass is 978 g/mol. The Bertz CT molecular complexity index is 1250. The van der Waals surface area contributed by atoms with E-state index in [1.807, 2.05) is 0 Å². The number of phosphoric ester groups is 1. The molecule has 0 saturated heterocycles. The molecular formula is C58H108NO8P. The Balaban J connectivity index is 3.89. The summed E-state index contributed by atoms with van der Waals surface area (Å²) in [4.78, 5) is 35.1. The van der Waals surface area contributed by atoms with Gasteiger partial charge in [0.1, 0.15) is 6.61 Å². The molecule has 0 aliphatic heterocycles. The summed E-state index contributed by atoms with van der Waals surface area (Å²) in [5.41, 5.74) is 5.38. The van der Waals surface area contributed by atoms with Gasteiger partial charge >= 0.3 is 19.8 Å². The van der Waals surface area contributed by atoms with E-state index in [0.29, 0.717) is 6.42 Å². The van der Waals surface area contributed by atoms with Crippen LogP contribution in [0.4, 0.5) is 0 Å². The Morgan fingerprint density at radius 1 is 0.456 bits per heavy atom. The van der Waals surface area contributed by atoms with E-state index < -0.39 is 26.5 Å². The number of nitrogens with two attached hydrogens (primary N) is 1. The van der Waals surface area contributed by atoms with Gasteiger partial charge in [0.2, 0.25) is 0 Å². The van der Waals surface area contributed by atoms with Crippen LogP contribution in [0.25, 0.3) is 0 Å². The first-order valence-electron chi connectivity index (χ1n) is 28.6. The predicted molar refractivity (Wildman–Crippen MR) is 289 cm³/mol. The van der Waals surface area contributed by atoms with E-state index in [0.717, 1.165) is 57.8 Å². The van der Waals surface area contributed by atoms with Crippen molar-refractivity contribution in [2.45, 2.75) is 283 Å². The molecule has 0 aromatic carbocycles. The van der Waals surface area contributed by atoms with Crippen molar-refractivity contribution in [2.24, 2.45) is 5.73 Å². The van der Waals surface area contributed by atoms with Crippen molar-refractivity contribution in [2.75, 3.05) is 26.4 Å². The molecule has 0 aromatic rings. The van der Waals surface area contributed by atoms with Crippen LogP contribution in [-0.4, -0.2) is 49.3 Å². The van der Waals surface area contributed by atoms with Crippen molar-refractivity contribution < 1.29 is 37.6 Å². The van der Waals surface area contributed by atoms with E-state index in [9.17, 15) is 19.0 Å². The summed E-state index contributed by atoms with van der Waals surface area (Å²) in [6.07, 6.45) is 66.0. The summed E-state index contributed by atoms with van der Waals surface area (Å²) in [5.74, 6) is -0.813. The average Bonchev–Trinajstić information content (AvgIpc) is 3.33. The molecular weight excluding hydrogens is 870 g/mol. The maximum Gasteiger partial charge on any atom is 0.472 e. The number of hydrogen-bond acceptors (Lipinski definition) is 8. The highest BCUT2D eigenvalue weighted by Gasteiger charge is 2.26. The van der Waals surface area contributed by atoms with E-state index >= 15 is 0 Å². The zero-order valence-electron chi connectivity index (χ0n) is 44.3. The van der Waals surface area contributed by atoms with Crippen LogP contribution >= 0.6 is 7.82 Å². The van der Waals surface area contributed by atoms with Crippen LogP contribution in [0, 0.1) is 0 Å². The molecule has 3 N–H and O–H groups in total. The van der Waals surface area contributed by atoms with Gasteiger partial charge in [0, 0.05) is 19.4 Å². The van der Waals surface area contributed by atoms with Crippen LogP contribution in [0.15, 0.2) is 48.6 Å². The highest BCUT2D eigenvalue weighted by molar-refractivity contribution is 7.47. The largest absolute Gasteiger partial charge is 0.472 e. The van der Waals surface area contributed by atoms with Crippen LogP contribution in [0.5, 0.6) is 0 Å². The minimum Gasteiger partial charge on any atom is -0.462 e. The number of carbonyl (C=O) groups is 2. The molecule has 0 aromatic heterocycles. The third-order valence-electron chi connectivity index (χ3n) is 12.5. The molecule has 0 rings (SSSR count). The first-order valence-corrected chi connectivity index (χ1v) is 30.1. The molecule has 398 valence electrons. The van der Waals surface area contributed by atoms with Crippen molar-refractivity contribution in [3.8, 4) is 0 Å². The highest BCUT2D eigenvalue weighted by Crippen LogP contribution is 2.43. The molecule has 0 fully saturated rings. The first kappa shape index (κ1) is 66.0. The summed E-state index contributed by atoms with van der Waals surface area (Å²) in [5, 5.41) is 0. The van der Waals surface area contributed by atoms with Crippen LogP contribution in [0.3, 0.4) is 0 Å². The van der Waals surface area contributed by atoms with Gasteiger partial charge < -0.3 is 20.1 Å². The maximum absolute atomic E-state index is 12.7. The summed E-state index contributed by atoms with van der Waals surface area (Å²) in [6.45, 7) is 3.67. The van der Waals surface area contributed by atoms with Gasteiger partial charge in [-0.05, 0) is 51.4 Å². The van der Waals surface area contributed by atoms with Gasteiger partial charge in [0.25, 0.3) is 0 Å². The van der Waals surface area contributed by atoms with E-state index in [1.54, 1.807) is 0 Å². The van der Waals surface area contributed by atoms with Crippen molar-refractivity contribution in [1.82, 2.24) is 0 Å². The van der Waals surface area contributed by atoms with Gasteiger partial charge in [-0.2, -0.15) is 0 Å². The fraction of sp³-hybridized carbons (Fsp3) is 0.828. The fourth-order valence-corrected chi connectivity index (χ4v) is 9.04. The lowest BCUT2D eigenvalue weighted by Crippen LogP contribution is -2.29. The zero-order chi connectivity index (χ0) is 49.5. The van der Waals surface area contributed by atoms with Crippen molar-refractivity contribution in [3.63, 3.8) is 0 Å². The summed E-state index contributed by atoms with van der Waals surface area (Å²) < 4.78 is 33.0. The number of hydrogen-bond donors (Lipinski definition) is 2. The molecule has 0 spiro atoms. The highest BCUT2D eigenvalue weighted by atomic mass is 31.2. The lowest BCUT2D eigenvalue weighted by atomic mass is 10.0. The second kappa shape index (κ2) is 54.3. The summed E-state index contributed by atoms with van der Waals surface area (Å²) in [6, 6.07) is 0. The molecule has 0 saturated carbocycles. The second-order valence-corrected chi connectivity index (χ2v) is 20.6. The van der Waals surface area contributed by atoms with Gasteiger partial charge in [-0.15, -0.1) is 0 Å². The molecule has 9 nitrogen and oxygen atoms in total. The molecule has 0 amide bonds. The van der Waals surface area contributed by atoms with E-state index in [2.05, 4.69) is 62.5 Å².